The number of hydrogen-bond donors (Lipinski definition) is 1. The summed E-state index contributed by atoms with van der Waals surface area (Å²) in [6.07, 6.45) is 1.48. The lowest BCUT2D eigenvalue weighted by molar-refractivity contribution is -0.122. The standard InChI is InChI=1S/C21H20N2O4S/c1-12-8-9-16(13(2)10-12)23-20(25)15(19(24)22-21(23)28)11-14-6-5-7-17(26-3)18(14)27-4/h5-11H,1-4H3,(H,22,24,28)/b15-11+. The van der Waals surface area contributed by atoms with Gasteiger partial charge in [-0.15, -0.1) is 0 Å². The van der Waals surface area contributed by atoms with Crippen molar-refractivity contribution in [2.45, 2.75) is 13.8 Å². The number of benzene rings is 2. The Kier molecular flexibility index (Phi) is 5.46. The highest BCUT2D eigenvalue weighted by atomic mass is 32.1. The first-order valence-corrected chi connectivity index (χ1v) is 8.98. The normalized spacial score (nSPS) is 15.6. The van der Waals surface area contributed by atoms with E-state index < -0.39 is 11.8 Å². The van der Waals surface area contributed by atoms with Gasteiger partial charge in [0.1, 0.15) is 5.57 Å². The molecular formula is C21H20N2O4S. The van der Waals surface area contributed by atoms with Gasteiger partial charge in [0.05, 0.1) is 19.9 Å². The topological polar surface area (TPSA) is 67.9 Å². The first-order chi connectivity index (χ1) is 13.4. The molecule has 1 saturated heterocycles. The van der Waals surface area contributed by atoms with Gasteiger partial charge in [-0.05, 0) is 49.8 Å². The molecule has 0 unspecified atom stereocenters. The molecule has 0 bridgehead atoms. The minimum absolute atomic E-state index is 0.0415. The molecule has 0 atom stereocenters. The van der Waals surface area contributed by atoms with Crippen molar-refractivity contribution in [3.63, 3.8) is 0 Å². The molecule has 144 valence electrons. The maximum Gasteiger partial charge on any atom is 0.270 e. The third-order valence-electron chi connectivity index (χ3n) is 4.43. The fourth-order valence-corrected chi connectivity index (χ4v) is 3.39. The highest BCUT2D eigenvalue weighted by Gasteiger charge is 2.35. The van der Waals surface area contributed by atoms with Gasteiger partial charge in [-0.2, -0.15) is 0 Å². The fourth-order valence-electron chi connectivity index (χ4n) is 3.11. The molecule has 3 rings (SSSR count). The molecule has 1 heterocycles. The predicted octanol–water partition coefficient (Wildman–Crippen LogP) is 3.15. The van der Waals surface area contributed by atoms with Crippen LogP contribution < -0.4 is 19.7 Å². The first-order valence-electron chi connectivity index (χ1n) is 8.57. The maximum atomic E-state index is 13.2. The highest BCUT2D eigenvalue weighted by molar-refractivity contribution is 7.80. The predicted molar refractivity (Wildman–Crippen MR) is 112 cm³/mol. The van der Waals surface area contributed by atoms with Gasteiger partial charge in [0.2, 0.25) is 0 Å². The summed E-state index contributed by atoms with van der Waals surface area (Å²) in [5.74, 6) is -0.113. The van der Waals surface area contributed by atoms with E-state index in [1.54, 1.807) is 18.2 Å². The van der Waals surface area contributed by atoms with Gasteiger partial charge < -0.3 is 9.47 Å². The Balaban J connectivity index is 2.09. The number of hydrogen-bond acceptors (Lipinski definition) is 5. The number of rotatable bonds is 4. The number of amides is 2. The average Bonchev–Trinajstić information content (AvgIpc) is 2.66. The number of methoxy groups -OCH3 is 2. The number of para-hydroxylation sites is 1. The van der Waals surface area contributed by atoms with Crippen LogP contribution in [0.25, 0.3) is 6.08 Å². The largest absolute Gasteiger partial charge is 0.493 e. The van der Waals surface area contributed by atoms with E-state index in [2.05, 4.69) is 5.32 Å². The Bertz CT molecular complexity index is 1010. The van der Waals surface area contributed by atoms with E-state index in [9.17, 15) is 9.59 Å². The molecule has 0 spiro atoms. The number of aryl methyl sites for hydroxylation is 2. The second-order valence-electron chi connectivity index (χ2n) is 6.33. The van der Waals surface area contributed by atoms with Crippen LogP contribution in [0.15, 0.2) is 42.0 Å². The molecule has 1 aliphatic rings. The van der Waals surface area contributed by atoms with Crippen LogP contribution in [0.1, 0.15) is 16.7 Å². The maximum absolute atomic E-state index is 13.2. The summed E-state index contributed by atoms with van der Waals surface area (Å²) in [6, 6.07) is 10.9. The minimum atomic E-state index is -0.555. The highest BCUT2D eigenvalue weighted by Crippen LogP contribution is 2.33. The Labute approximate surface area is 168 Å². The summed E-state index contributed by atoms with van der Waals surface area (Å²) < 4.78 is 10.7. The van der Waals surface area contributed by atoms with E-state index in [1.807, 2.05) is 32.0 Å². The van der Waals surface area contributed by atoms with Crippen LogP contribution in [-0.2, 0) is 9.59 Å². The van der Waals surface area contributed by atoms with E-state index in [1.165, 1.54) is 25.2 Å². The zero-order valence-corrected chi connectivity index (χ0v) is 16.8. The number of ether oxygens (including phenoxy) is 2. The van der Waals surface area contributed by atoms with Gasteiger partial charge in [0.15, 0.2) is 16.6 Å². The van der Waals surface area contributed by atoms with Crippen LogP contribution >= 0.6 is 12.2 Å². The third-order valence-corrected chi connectivity index (χ3v) is 4.71. The SMILES string of the molecule is COc1cccc(/C=C2\C(=O)NC(=S)N(c3ccc(C)cc3C)C2=O)c1OC. The summed E-state index contributed by atoms with van der Waals surface area (Å²) in [5, 5.41) is 2.65. The molecule has 0 saturated carbocycles. The first kappa shape index (κ1) is 19.6. The smallest absolute Gasteiger partial charge is 0.270 e. The molecule has 0 aromatic heterocycles. The number of carbonyl (C=O) groups is 2. The molecule has 2 amide bonds. The monoisotopic (exact) mass is 396 g/mol. The van der Waals surface area contributed by atoms with Crippen LogP contribution in [0.4, 0.5) is 5.69 Å². The van der Waals surface area contributed by atoms with Crippen molar-refractivity contribution < 1.29 is 19.1 Å². The lowest BCUT2D eigenvalue weighted by Crippen LogP contribution is -2.54. The van der Waals surface area contributed by atoms with Crippen LogP contribution in [0.3, 0.4) is 0 Å². The van der Waals surface area contributed by atoms with Crippen molar-refractivity contribution in [1.82, 2.24) is 5.32 Å². The average molecular weight is 396 g/mol. The minimum Gasteiger partial charge on any atom is -0.493 e. The van der Waals surface area contributed by atoms with Crippen LogP contribution in [-0.4, -0.2) is 31.1 Å². The van der Waals surface area contributed by atoms with Crippen molar-refractivity contribution in [2.24, 2.45) is 0 Å². The quantitative estimate of drug-likeness (QED) is 0.489. The van der Waals surface area contributed by atoms with Gasteiger partial charge in [-0.1, -0.05) is 29.8 Å². The zero-order valence-electron chi connectivity index (χ0n) is 16.0. The van der Waals surface area contributed by atoms with Gasteiger partial charge in [-0.3, -0.25) is 19.8 Å². The molecule has 28 heavy (non-hydrogen) atoms. The van der Waals surface area contributed by atoms with Crippen LogP contribution in [0, 0.1) is 13.8 Å². The van der Waals surface area contributed by atoms with Crippen molar-refractivity contribution in [2.75, 3.05) is 19.1 Å². The van der Waals surface area contributed by atoms with E-state index in [0.29, 0.717) is 22.7 Å². The molecular weight excluding hydrogens is 376 g/mol. The number of nitrogens with one attached hydrogen (secondary N) is 1. The van der Waals surface area contributed by atoms with Crippen molar-refractivity contribution in [3.05, 3.63) is 58.7 Å². The van der Waals surface area contributed by atoms with Gasteiger partial charge in [0.25, 0.3) is 11.8 Å². The molecule has 1 N–H and O–H groups in total. The summed E-state index contributed by atoms with van der Waals surface area (Å²) in [5.41, 5.74) is 3.08. The Morgan fingerprint density at radius 3 is 2.46 bits per heavy atom. The fraction of sp³-hybridized carbons (Fsp3) is 0.190. The summed E-state index contributed by atoms with van der Waals surface area (Å²) in [6.45, 7) is 3.86. The second-order valence-corrected chi connectivity index (χ2v) is 6.72. The van der Waals surface area contributed by atoms with Crippen LogP contribution in [0.2, 0.25) is 0 Å². The van der Waals surface area contributed by atoms with E-state index >= 15 is 0 Å². The summed E-state index contributed by atoms with van der Waals surface area (Å²) in [4.78, 5) is 27.0. The molecule has 7 heteroatoms. The lowest BCUT2D eigenvalue weighted by Gasteiger charge is -2.30. The summed E-state index contributed by atoms with van der Waals surface area (Å²) in [7, 11) is 3.02. The van der Waals surface area contributed by atoms with Gasteiger partial charge >= 0.3 is 0 Å². The third kappa shape index (κ3) is 3.48. The van der Waals surface area contributed by atoms with Crippen molar-refractivity contribution in [1.29, 1.82) is 0 Å². The second kappa shape index (κ2) is 7.82. The van der Waals surface area contributed by atoms with E-state index in [0.717, 1.165) is 11.1 Å². The Hall–Kier alpha value is -3.19. The number of carbonyl (C=O) groups excluding carboxylic acids is 2. The molecule has 2 aromatic rings. The molecule has 6 nitrogen and oxygen atoms in total. The molecule has 0 aliphatic carbocycles. The molecule has 1 fully saturated rings. The lowest BCUT2D eigenvalue weighted by atomic mass is 10.0. The van der Waals surface area contributed by atoms with E-state index in [4.69, 9.17) is 21.7 Å². The molecule has 0 radical (unpaired) electrons. The van der Waals surface area contributed by atoms with E-state index in [-0.39, 0.29) is 10.7 Å². The Morgan fingerprint density at radius 2 is 1.82 bits per heavy atom. The number of nitrogens with zero attached hydrogens (tertiary/aromatic N) is 1. The number of anilines is 1. The summed E-state index contributed by atoms with van der Waals surface area (Å²) >= 11 is 5.26. The van der Waals surface area contributed by atoms with Crippen molar-refractivity contribution >= 4 is 40.9 Å². The van der Waals surface area contributed by atoms with Crippen LogP contribution in [0.5, 0.6) is 11.5 Å². The van der Waals surface area contributed by atoms with Gasteiger partial charge in [0, 0.05) is 5.56 Å². The zero-order chi connectivity index (χ0) is 20.4. The van der Waals surface area contributed by atoms with Gasteiger partial charge in [-0.25, -0.2) is 0 Å². The molecule has 2 aromatic carbocycles. The van der Waals surface area contributed by atoms with Crippen molar-refractivity contribution in [3.8, 4) is 11.5 Å². The number of thiocarbonyl (C=S) groups is 1. The Morgan fingerprint density at radius 1 is 1.07 bits per heavy atom. The molecule has 1 aliphatic heterocycles.